The Bertz CT molecular complexity index is 368. The molecule has 1 atom stereocenters. The van der Waals surface area contributed by atoms with Crippen molar-refractivity contribution in [2.24, 2.45) is 11.7 Å². The maximum atomic E-state index is 10.9. The van der Waals surface area contributed by atoms with Gasteiger partial charge in [-0.25, -0.2) is 0 Å². The van der Waals surface area contributed by atoms with Gasteiger partial charge in [-0.2, -0.15) is 0 Å². The molecule has 1 aromatic carbocycles. The van der Waals surface area contributed by atoms with Gasteiger partial charge in [-0.1, -0.05) is 36.4 Å². The molecule has 1 amide bonds. The van der Waals surface area contributed by atoms with Crippen LogP contribution in [-0.4, -0.2) is 5.91 Å². The fraction of sp³-hybridized carbons (Fsp3) is 0.182. The number of carbonyl (C=O) groups is 1. The molecule has 1 aromatic rings. The first-order valence-corrected chi connectivity index (χ1v) is 4.33. The van der Waals surface area contributed by atoms with E-state index in [4.69, 9.17) is 5.73 Å². The van der Waals surface area contributed by atoms with Gasteiger partial charge >= 0.3 is 0 Å². The molecule has 2 N–H and O–H groups in total. The molecule has 0 saturated carbocycles. The Morgan fingerprint density at radius 3 is 2.92 bits per heavy atom. The van der Waals surface area contributed by atoms with Gasteiger partial charge in [-0.15, -0.1) is 0 Å². The van der Waals surface area contributed by atoms with Crippen molar-refractivity contribution in [1.82, 2.24) is 0 Å². The normalized spacial score (nSPS) is 19.5. The second kappa shape index (κ2) is 3.05. The van der Waals surface area contributed by atoms with Crippen LogP contribution < -0.4 is 5.73 Å². The van der Waals surface area contributed by atoms with E-state index in [2.05, 4.69) is 0 Å². The van der Waals surface area contributed by atoms with Crippen molar-refractivity contribution in [2.75, 3.05) is 0 Å². The molecule has 0 aliphatic heterocycles. The van der Waals surface area contributed by atoms with Gasteiger partial charge in [0.25, 0.3) is 0 Å². The summed E-state index contributed by atoms with van der Waals surface area (Å²) in [6, 6.07) is 8.06. The summed E-state index contributed by atoms with van der Waals surface area (Å²) in [6.45, 7) is 0. The van der Waals surface area contributed by atoms with Gasteiger partial charge in [0.2, 0.25) is 5.91 Å². The first-order valence-electron chi connectivity index (χ1n) is 4.33. The highest BCUT2D eigenvalue weighted by molar-refractivity contribution is 5.81. The Morgan fingerprint density at radius 2 is 2.15 bits per heavy atom. The highest BCUT2D eigenvalue weighted by Gasteiger charge is 2.17. The summed E-state index contributed by atoms with van der Waals surface area (Å²) in [5.41, 5.74) is 7.63. The van der Waals surface area contributed by atoms with Gasteiger partial charge in [-0.05, 0) is 17.5 Å². The molecule has 1 unspecified atom stereocenters. The summed E-state index contributed by atoms with van der Waals surface area (Å²) in [5, 5.41) is 0. The molecule has 0 fully saturated rings. The van der Waals surface area contributed by atoms with E-state index in [1.54, 1.807) is 0 Å². The molecule has 1 aliphatic carbocycles. The van der Waals surface area contributed by atoms with Crippen molar-refractivity contribution in [2.45, 2.75) is 6.42 Å². The van der Waals surface area contributed by atoms with Crippen molar-refractivity contribution >= 4 is 12.0 Å². The third kappa shape index (κ3) is 1.47. The summed E-state index contributed by atoms with van der Waals surface area (Å²) in [5.74, 6) is -0.374. The number of hydrogen-bond donors (Lipinski definition) is 1. The van der Waals surface area contributed by atoms with Crippen LogP contribution in [0.4, 0.5) is 0 Å². The lowest BCUT2D eigenvalue weighted by Crippen LogP contribution is -2.24. The van der Waals surface area contributed by atoms with Gasteiger partial charge in [0, 0.05) is 0 Å². The van der Waals surface area contributed by atoms with Crippen LogP contribution in [-0.2, 0) is 11.2 Å². The van der Waals surface area contributed by atoms with Crippen LogP contribution in [0.15, 0.2) is 30.3 Å². The number of benzene rings is 1. The van der Waals surface area contributed by atoms with Gasteiger partial charge < -0.3 is 5.73 Å². The first kappa shape index (κ1) is 8.05. The first-order chi connectivity index (χ1) is 6.27. The lowest BCUT2D eigenvalue weighted by atomic mass is 9.89. The Morgan fingerprint density at radius 1 is 1.38 bits per heavy atom. The highest BCUT2D eigenvalue weighted by atomic mass is 16.1. The number of amides is 1. The average Bonchev–Trinajstić information content (AvgIpc) is 2.17. The Balaban J connectivity index is 2.34. The monoisotopic (exact) mass is 173 g/mol. The van der Waals surface area contributed by atoms with Crippen LogP contribution in [0.25, 0.3) is 6.08 Å². The molecule has 2 rings (SSSR count). The van der Waals surface area contributed by atoms with E-state index < -0.39 is 0 Å². The number of primary amides is 1. The Labute approximate surface area is 77.1 Å². The molecule has 0 bridgehead atoms. The minimum absolute atomic E-state index is 0.130. The summed E-state index contributed by atoms with van der Waals surface area (Å²) < 4.78 is 0. The molecule has 0 heterocycles. The molecular formula is C11H11NO. The molecule has 0 aromatic heterocycles. The van der Waals surface area contributed by atoms with Crippen LogP contribution >= 0.6 is 0 Å². The van der Waals surface area contributed by atoms with Crippen molar-refractivity contribution < 1.29 is 4.79 Å². The highest BCUT2D eigenvalue weighted by Crippen LogP contribution is 2.22. The van der Waals surface area contributed by atoms with E-state index in [0.29, 0.717) is 0 Å². The predicted octanol–water partition coefficient (Wildman–Crippen LogP) is 1.36. The van der Waals surface area contributed by atoms with E-state index in [1.807, 2.05) is 36.4 Å². The van der Waals surface area contributed by atoms with Crippen LogP contribution in [0.2, 0.25) is 0 Å². The largest absolute Gasteiger partial charge is 0.369 e. The van der Waals surface area contributed by atoms with Crippen LogP contribution in [0.5, 0.6) is 0 Å². The second-order valence-corrected chi connectivity index (χ2v) is 3.27. The molecule has 2 nitrogen and oxygen atoms in total. The number of carbonyl (C=O) groups excluding carboxylic acids is 1. The summed E-state index contributed by atoms with van der Waals surface area (Å²) in [4.78, 5) is 10.9. The van der Waals surface area contributed by atoms with Crippen molar-refractivity contribution in [3.05, 3.63) is 41.5 Å². The minimum Gasteiger partial charge on any atom is -0.369 e. The zero-order valence-corrected chi connectivity index (χ0v) is 7.23. The van der Waals surface area contributed by atoms with E-state index in [1.165, 1.54) is 11.1 Å². The van der Waals surface area contributed by atoms with E-state index in [9.17, 15) is 4.79 Å². The SMILES string of the molecule is NC(=O)C1C=Cc2ccccc2C1. The van der Waals surface area contributed by atoms with Gasteiger partial charge in [0.05, 0.1) is 5.92 Å². The number of nitrogens with two attached hydrogens (primary N) is 1. The van der Waals surface area contributed by atoms with Crippen LogP contribution in [0.1, 0.15) is 11.1 Å². The third-order valence-electron chi connectivity index (χ3n) is 2.37. The maximum Gasteiger partial charge on any atom is 0.224 e. The van der Waals surface area contributed by atoms with Crippen molar-refractivity contribution in [3.8, 4) is 0 Å². The lowest BCUT2D eigenvalue weighted by Gasteiger charge is -2.15. The predicted molar refractivity (Wildman–Crippen MR) is 51.9 cm³/mol. The zero-order valence-electron chi connectivity index (χ0n) is 7.23. The van der Waals surface area contributed by atoms with E-state index >= 15 is 0 Å². The molecule has 0 radical (unpaired) electrons. The maximum absolute atomic E-state index is 10.9. The minimum atomic E-state index is -0.245. The third-order valence-corrected chi connectivity index (χ3v) is 2.37. The Kier molecular flexibility index (Phi) is 1.89. The number of rotatable bonds is 1. The molecule has 1 aliphatic rings. The van der Waals surface area contributed by atoms with Gasteiger partial charge in [-0.3, -0.25) is 4.79 Å². The lowest BCUT2D eigenvalue weighted by molar-refractivity contribution is -0.120. The summed E-state index contributed by atoms with van der Waals surface area (Å²) in [6.07, 6.45) is 4.58. The van der Waals surface area contributed by atoms with E-state index in [-0.39, 0.29) is 11.8 Å². The fourth-order valence-corrected chi connectivity index (χ4v) is 1.60. The number of fused-ring (bicyclic) bond motifs is 1. The summed E-state index contributed by atoms with van der Waals surface area (Å²) in [7, 11) is 0. The molecule has 66 valence electrons. The number of hydrogen-bond acceptors (Lipinski definition) is 1. The van der Waals surface area contributed by atoms with Crippen molar-refractivity contribution in [1.29, 1.82) is 0 Å². The van der Waals surface area contributed by atoms with Crippen LogP contribution in [0.3, 0.4) is 0 Å². The molecule has 2 heteroatoms. The molecule has 0 saturated heterocycles. The van der Waals surface area contributed by atoms with E-state index in [0.717, 1.165) is 6.42 Å². The van der Waals surface area contributed by atoms with Gasteiger partial charge in [0.1, 0.15) is 0 Å². The van der Waals surface area contributed by atoms with Crippen molar-refractivity contribution in [3.63, 3.8) is 0 Å². The zero-order chi connectivity index (χ0) is 9.26. The average molecular weight is 173 g/mol. The molecular weight excluding hydrogens is 162 g/mol. The Hall–Kier alpha value is -1.57. The summed E-state index contributed by atoms with van der Waals surface area (Å²) >= 11 is 0. The fourth-order valence-electron chi connectivity index (χ4n) is 1.60. The topological polar surface area (TPSA) is 43.1 Å². The standard InChI is InChI=1S/C11H11NO/c12-11(13)10-6-5-8-3-1-2-4-9(8)7-10/h1-6,10H,7H2,(H2,12,13). The quantitative estimate of drug-likeness (QED) is 0.684. The van der Waals surface area contributed by atoms with Gasteiger partial charge in [0.15, 0.2) is 0 Å². The smallest absolute Gasteiger partial charge is 0.224 e. The molecule has 13 heavy (non-hydrogen) atoms. The second-order valence-electron chi connectivity index (χ2n) is 3.27. The van der Waals surface area contributed by atoms with Crippen LogP contribution in [0, 0.1) is 5.92 Å². The molecule has 0 spiro atoms.